The highest BCUT2D eigenvalue weighted by Gasteiger charge is 2.15. The SMILES string of the molecule is COC(=O)c1ccccc1CS(=O)c1ccccc1F. The van der Waals surface area contributed by atoms with E-state index in [9.17, 15) is 13.4 Å². The molecule has 1 unspecified atom stereocenters. The van der Waals surface area contributed by atoms with Crippen molar-refractivity contribution in [1.82, 2.24) is 0 Å². The van der Waals surface area contributed by atoms with Crippen molar-refractivity contribution in [1.29, 1.82) is 0 Å². The van der Waals surface area contributed by atoms with Gasteiger partial charge in [-0.3, -0.25) is 4.21 Å². The van der Waals surface area contributed by atoms with E-state index in [0.717, 1.165) is 0 Å². The zero-order chi connectivity index (χ0) is 14.5. The predicted molar refractivity (Wildman–Crippen MR) is 74.3 cm³/mol. The minimum absolute atomic E-state index is 0.0617. The standard InChI is InChI=1S/C15H13FO3S/c1-19-15(17)12-7-3-2-6-11(12)10-20(18)14-9-5-4-8-13(14)16/h2-9H,10H2,1H3. The molecule has 0 aliphatic heterocycles. The van der Waals surface area contributed by atoms with Gasteiger partial charge in [-0.1, -0.05) is 30.3 Å². The van der Waals surface area contributed by atoms with Crippen LogP contribution in [-0.2, 0) is 21.3 Å². The Morgan fingerprint density at radius 1 is 1.15 bits per heavy atom. The van der Waals surface area contributed by atoms with E-state index in [4.69, 9.17) is 0 Å². The van der Waals surface area contributed by atoms with E-state index in [2.05, 4.69) is 4.74 Å². The van der Waals surface area contributed by atoms with Gasteiger partial charge in [0.05, 0.1) is 34.1 Å². The summed E-state index contributed by atoms with van der Waals surface area (Å²) < 4.78 is 30.5. The molecule has 0 saturated heterocycles. The van der Waals surface area contributed by atoms with Gasteiger partial charge in [0.25, 0.3) is 0 Å². The molecule has 2 rings (SSSR count). The van der Waals surface area contributed by atoms with Crippen molar-refractivity contribution >= 4 is 16.8 Å². The fourth-order valence-electron chi connectivity index (χ4n) is 1.80. The molecule has 0 bridgehead atoms. The van der Waals surface area contributed by atoms with Crippen molar-refractivity contribution in [2.45, 2.75) is 10.6 Å². The van der Waals surface area contributed by atoms with E-state index >= 15 is 0 Å². The molecular weight excluding hydrogens is 279 g/mol. The first kappa shape index (κ1) is 14.4. The summed E-state index contributed by atoms with van der Waals surface area (Å²) in [6.45, 7) is 0. The lowest BCUT2D eigenvalue weighted by Gasteiger charge is -2.08. The second-order valence-electron chi connectivity index (χ2n) is 4.07. The van der Waals surface area contributed by atoms with Gasteiger partial charge in [0.1, 0.15) is 5.82 Å². The van der Waals surface area contributed by atoms with Crippen LogP contribution >= 0.6 is 0 Å². The van der Waals surface area contributed by atoms with Crippen LogP contribution in [0.1, 0.15) is 15.9 Å². The first-order valence-electron chi connectivity index (χ1n) is 5.92. The topological polar surface area (TPSA) is 43.4 Å². The summed E-state index contributed by atoms with van der Waals surface area (Å²) in [6, 6.07) is 12.6. The Balaban J connectivity index is 2.29. The Morgan fingerprint density at radius 2 is 1.80 bits per heavy atom. The number of carbonyl (C=O) groups excluding carboxylic acids is 1. The van der Waals surface area contributed by atoms with Gasteiger partial charge in [-0.2, -0.15) is 0 Å². The van der Waals surface area contributed by atoms with Crippen LogP contribution in [0.25, 0.3) is 0 Å². The number of carbonyl (C=O) groups is 1. The highest BCUT2D eigenvalue weighted by Crippen LogP contribution is 2.18. The maximum Gasteiger partial charge on any atom is 0.338 e. The van der Waals surface area contributed by atoms with Crippen LogP contribution in [0.15, 0.2) is 53.4 Å². The molecule has 0 heterocycles. The molecule has 2 aromatic rings. The molecule has 5 heteroatoms. The molecule has 104 valence electrons. The van der Waals surface area contributed by atoms with Crippen LogP contribution in [0.2, 0.25) is 0 Å². The third-order valence-electron chi connectivity index (χ3n) is 2.79. The van der Waals surface area contributed by atoms with E-state index in [1.165, 1.54) is 19.2 Å². The fraction of sp³-hybridized carbons (Fsp3) is 0.133. The van der Waals surface area contributed by atoms with Gasteiger partial charge in [0.15, 0.2) is 0 Å². The highest BCUT2D eigenvalue weighted by molar-refractivity contribution is 7.84. The number of esters is 1. The number of rotatable bonds is 4. The number of halogens is 1. The third kappa shape index (κ3) is 3.11. The number of hydrogen-bond acceptors (Lipinski definition) is 3. The molecule has 2 aromatic carbocycles. The highest BCUT2D eigenvalue weighted by atomic mass is 32.2. The van der Waals surface area contributed by atoms with Gasteiger partial charge in [-0.05, 0) is 23.8 Å². The summed E-state index contributed by atoms with van der Waals surface area (Å²) in [7, 11) is -0.273. The molecule has 20 heavy (non-hydrogen) atoms. The molecule has 0 saturated carbocycles. The van der Waals surface area contributed by atoms with Gasteiger partial charge < -0.3 is 4.74 Å². The summed E-state index contributed by atoms with van der Waals surface area (Å²) in [6.07, 6.45) is 0. The summed E-state index contributed by atoms with van der Waals surface area (Å²) >= 11 is 0. The predicted octanol–water partition coefficient (Wildman–Crippen LogP) is 2.92. The number of ether oxygens (including phenoxy) is 1. The van der Waals surface area contributed by atoms with Crippen molar-refractivity contribution in [3.8, 4) is 0 Å². The van der Waals surface area contributed by atoms with Crippen molar-refractivity contribution in [3.05, 3.63) is 65.5 Å². The first-order valence-corrected chi connectivity index (χ1v) is 7.24. The zero-order valence-corrected chi connectivity index (χ0v) is 11.7. The second-order valence-corrected chi connectivity index (χ2v) is 5.49. The largest absolute Gasteiger partial charge is 0.465 e. The summed E-state index contributed by atoms with van der Waals surface area (Å²) in [5, 5.41) is 0. The summed E-state index contributed by atoms with van der Waals surface area (Å²) in [5.41, 5.74) is 0.917. The summed E-state index contributed by atoms with van der Waals surface area (Å²) in [5.74, 6) is -0.945. The number of hydrogen-bond donors (Lipinski definition) is 0. The fourth-order valence-corrected chi connectivity index (χ4v) is 3.01. The van der Waals surface area contributed by atoms with Crippen LogP contribution in [-0.4, -0.2) is 17.3 Å². The Hall–Kier alpha value is -2.01. The van der Waals surface area contributed by atoms with Crippen LogP contribution in [0, 0.1) is 5.82 Å². The molecule has 0 amide bonds. The molecule has 0 fully saturated rings. The number of methoxy groups -OCH3 is 1. The first-order chi connectivity index (χ1) is 9.63. The molecule has 0 spiro atoms. The molecule has 0 radical (unpaired) electrons. The third-order valence-corrected chi connectivity index (χ3v) is 4.19. The van der Waals surface area contributed by atoms with Gasteiger partial charge in [-0.15, -0.1) is 0 Å². The Morgan fingerprint density at radius 3 is 2.50 bits per heavy atom. The minimum atomic E-state index is -1.56. The van der Waals surface area contributed by atoms with Gasteiger partial charge in [0.2, 0.25) is 0 Å². The second kappa shape index (κ2) is 6.43. The molecule has 0 N–H and O–H groups in total. The van der Waals surface area contributed by atoms with Crippen LogP contribution in [0.3, 0.4) is 0 Å². The molecule has 3 nitrogen and oxygen atoms in total. The van der Waals surface area contributed by atoms with E-state index in [1.54, 1.807) is 36.4 Å². The van der Waals surface area contributed by atoms with Crippen molar-refractivity contribution in [2.75, 3.05) is 7.11 Å². The Labute approximate surface area is 118 Å². The molecular formula is C15H13FO3S. The van der Waals surface area contributed by atoms with Gasteiger partial charge in [-0.25, -0.2) is 9.18 Å². The average molecular weight is 292 g/mol. The molecule has 0 aliphatic carbocycles. The normalized spacial score (nSPS) is 11.9. The monoisotopic (exact) mass is 292 g/mol. The lowest BCUT2D eigenvalue weighted by molar-refractivity contribution is 0.0600. The van der Waals surface area contributed by atoms with E-state index in [0.29, 0.717) is 11.1 Å². The van der Waals surface area contributed by atoms with Crippen molar-refractivity contribution in [3.63, 3.8) is 0 Å². The van der Waals surface area contributed by atoms with E-state index in [-0.39, 0.29) is 10.6 Å². The summed E-state index contributed by atoms with van der Waals surface area (Å²) in [4.78, 5) is 11.8. The maximum atomic E-state index is 13.6. The van der Waals surface area contributed by atoms with Gasteiger partial charge >= 0.3 is 5.97 Å². The smallest absolute Gasteiger partial charge is 0.338 e. The van der Waals surface area contributed by atoms with E-state index in [1.807, 2.05) is 0 Å². The zero-order valence-electron chi connectivity index (χ0n) is 10.8. The lowest BCUT2D eigenvalue weighted by atomic mass is 10.1. The van der Waals surface area contributed by atoms with Gasteiger partial charge in [0, 0.05) is 0 Å². The molecule has 0 aliphatic rings. The quantitative estimate of drug-likeness (QED) is 0.814. The van der Waals surface area contributed by atoms with Crippen LogP contribution in [0.5, 0.6) is 0 Å². The minimum Gasteiger partial charge on any atom is -0.465 e. The Kier molecular flexibility index (Phi) is 4.63. The average Bonchev–Trinajstić information content (AvgIpc) is 2.47. The maximum absolute atomic E-state index is 13.6. The van der Waals surface area contributed by atoms with E-state index < -0.39 is 22.6 Å². The van der Waals surface area contributed by atoms with Crippen LogP contribution < -0.4 is 0 Å². The van der Waals surface area contributed by atoms with Crippen molar-refractivity contribution < 1.29 is 18.1 Å². The molecule has 0 aromatic heterocycles. The lowest BCUT2D eigenvalue weighted by Crippen LogP contribution is -2.08. The Bertz CT molecular complexity index is 655. The van der Waals surface area contributed by atoms with Crippen LogP contribution in [0.4, 0.5) is 4.39 Å². The number of benzene rings is 2. The van der Waals surface area contributed by atoms with Crippen molar-refractivity contribution in [2.24, 2.45) is 0 Å². The molecule has 1 atom stereocenters.